The van der Waals surface area contributed by atoms with Gasteiger partial charge in [0.15, 0.2) is 0 Å². The number of benzene rings is 11. The number of pyridine rings is 3. The van der Waals surface area contributed by atoms with E-state index in [1.165, 1.54) is 106 Å². The molecule has 0 unspecified atom stereocenters. The van der Waals surface area contributed by atoms with Crippen LogP contribution in [-0.2, 0) is 0 Å². The van der Waals surface area contributed by atoms with E-state index in [-0.39, 0.29) is 0 Å². The van der Waals surface area contributed by atoms with Crippen molar-refractivity contribution in [2.45, 2.75) is 0 Å². The van der Waals surface area contributed by atoms with Crippen LogP contribution < -0.4 is 0 Å². The summed E-state index contributed by atoms with van der Waals surface area (Å²) in [4.78, 5) is 14.2. The fourth-order valence-electron chi connectivity index (χ4n) is 13.0. The van der Waals surface area contributed by atoms with Gasteiger partial charge in [0.2, 0.25) is 0 Å². The number of hydrogen-bond donors (Lipinski definition) is 0. The molecule has 5 nitrogen and oxygen atoms in total. The van der Waals surface area contributed by atoms with Crippen molar-refractivity contribution in [3.8, 4) is 55.9 Å². The monoisotopic (exact) mass is 1110 g/mol. The maximum Gasteiger partial charge on any atom is 0.0970 e. The van der Waals surface area contributed by atoms with Gasteiger partial charge in [-0.05, 0) is 112 Å². The predicted octanol–water partition coefficient (Wildman–Crippen LogP) is 21.5. The maximum atomic E-state index is 4.82. The van der Waals surface area contributed by atoms with Gasteiger partial charge in [0, 0.05) is 120 Å². The Morgan fingerprint density at radius 3 is 1.15 bits per heavy atom. The van der Waals surface area contributed by atoms with Crippen molar-refractivity contribution in [2.75, 3.05) is 0 Å². The minimum Gasteiger partial charge on any atom is -0.309 e. The van der Waals surface area contributed by atoms with E-state index in [0.717, 1.165) is 55.4 Å². The van der Waals surface area contributed by atoms with Crippen molar-refractivity contribution in [2.24, 2.45) is 0 Å². The first-order valence-electron chi connectivity index (χ1n) is 28.3. The molecular formula is C77H47N5S2. The average Bonchev–Trinajstić information content (AvgIpc) is 3.31. The summed E-state index contributed by atoms with van der Waals surface area (Å²) in [5.41, 5.74) is 18.2. The van der Waals surface area contributed by atoms with E-state index in [2.05, 4.69) is 268 Å². The number of hydrogen-bond acceptors (Lipinski definition) is 5. The van der Waals surface area contributed by atoms with E-state index < -0.39 is 0 Å². The van der Waals surface area contributed by atoms with Crippen LogP contribution >= 0.6 is 22.7 Å². The molecule has 392 valence electrons. The van der Waals surface area contributed by atoms with Crippen molar-refractivity contribution in [1.29, 1.82) is 0 Å². The molecule has 0 radical (unpaired) electrons. The van der Waals surface area contributed by atoms with E-state index in [9.17, 15) is 0 Å². The highest BCUT2D eigenvalue weighted by atomic mass is 32.1. The Balaban J connectivity index is 0.000000178. The zero-order valence-corrected chi connectivity index (χ0v) is 46.8. The second kappa shape index (κ2) is 19.6. The van der Waals surface area contributed by atoms with Gasteiger partial charge in [-0.3, -0.25) is 15.0 Å². The van der Waals surface area contributed by atoms with Crippen LogP contribution in [0.2, 0.25) is 0 Å². The van der Waals surface area contributed by atoms with Crippen molar-refractivity contribution in [3.05, 3.63) is 286 Å². The van der Waals surface area contributed by atoms with Crippen LogP contribution in [0, 0.1) is 0 Å². The predicted molar refractivity (Wildman–Crippen MR) is 357 cm³/mol. The normalized spacial score (nSPS) is 11.8. The molecule has 18 aromatic rings. The van der Waals surface area contributed by atoms with E-state index >= 15 is 0 Å². The molecule has 0 saturated carbocycles. The fraction of sp³-hybridized carbons (Fsp3) is 0. The number of aromatic nitrogens is 5. The van der Waals surface area contributed by atoms with E-state index in [1.807, 2.05) is 59.6 Å². The van der Waals surface area contributed by atoms with Gasteiger partial charge in [0.1, 0.15) is 0 Å². The summed E-state index contributed by atoms with van der Waals surface area (Å²) in [7, 11) is 0. The van der Waals surface area contributed by atoms with Gasteiger partial charge in [-0.1, -0.05) is 182 Å². The van der Waals surface area contributed by atoms with Gasteiger partial charge in [-0.2, -0.15) is 0 Å². The Labute approximate surface area is 490 Å². The van der Waals surface area contributed by atoms with Gasteiger partial charge in [-0.15, -0.1) is 22.7 Å². The topological polar surface area (TPSA) is 48.5 Å². The maximum absolute atomic E-state index is 4.82. The summed E-state index contributed by atoms with van der Waals surface area (Å²) in [5, 5.41) is 12.7. The third kappa shape index (κ3) is 7.71. The Bertz CT molecular complexity index is 5290. The number of thiophene rings is 2. The van der Waals surface area contributed by atoms with Crippen LogP contribution in [0.4, 0.5) is 0 Å². The van der Waals surface area contributed by atoms with Gasteiger partial charge >= 0.3 is 0 Å². The zero-order chi connectivity index (χ0) is 55.2. The summed E-state index contributed by atoms with van der Waals surface area (Å²) in [6.07, 6.45) is 7.73. The molecule has 0 spiro atoms. The SMILES string of the molecule is c1cc(-c2cncc(-c3cccc(-n4c5ccccc5c5c6sc7ccccc7c6ccc54)c3)c2)cc(-n2c3ccccc3c3c4sc5ccccc5c4ccc32)c1.c1ccc(-c2ccnc3c2ccc2c(-c4ccccc4)ccnc23)cc1. The minimum absolute atomic E-state index is 0.946. The quantitative estimate of drug-likeness (QED) is 0.156. The molecule has 0 N–H and O–H groups in total. The minimum atomic E-state index is 0.946. The lowest BCUT2D eigenvalue weighted by Crippen LogP contribution is -1.95. The molecule has 0 aliphatic heterocycles. The molecule has 18 rings (SSSR count). The standard InChI is InChI=1S/C53H31N3S2.C24H16N2/c1-5-19-44-42(17-1)50-46(25-23-40-38-15-3-7-21-48(38)57-52(40)50)55(44)36-13-9-11-32(28-36)34-27-35(31-54-30-34)33-12-10-14-37(29-33)56-45-20-6-2-18-43(45)51-47(56)26-24-41-39-16-4-8-22-49(39)58-53(41)51;1-3-7-17(8-4-1)19-13-15-25-23-21(19)11-12-22-20(14-16-26-24(22)23)18-9-5-2-6-10-18/h1-31H;1-16H. The van der Waals surface area contributed by atoms with Gasteiger partial charge < -0.3 is 9.13 Å². The lowest BCUT2D eigenvalue weighted by atomic mass is 9.97. The molecule has 0 fully saturated rings. The third-order valence-corrected chi connectivity index (χ3v) is 19.2. The van der Waals surface area contributed by atoms with E-state index in [0.29, 0.717) is 0 Å². The first-order valence-corrected chi connectivity index (χ1v) is 29.9. The highest BCUT2D eigenvalue weighted by Crippen LogP contribution is 2.46. The molecule has 7 heterocycles. The zero-order valence-electron chi connectivity index (χ0n) is 45.2. The van der Waals surface area contributed by atoms with Crippen LogP contribution in [0.3, 0.4) is 0 Å². The third-order valence-electron chi connectivity index (χ3n) is 16.8. The van der Waals surface area contributed by atoms with E-state index in [1.54, 1.807) is 0 Å². The van der Waals surface area contributed by atoms with Crippen LogP contribution in [0.25, 0.3) is 162 Å². The molecule has 7 heteroatoms. The summed E-state index contributed by atoms with van der Waals surface area (Å²) in [5.74, 6) is 0. The molecule has 11 aromatic carbocycles. The molecule has 0 amide bonds. The molecule has 0 aliphatic carbocycles. The first-order chi connectivity index (χ1) is 41.7. The summed E-state index contributed by atoms with van der Waals surface area (Å²) in [6.45, 7) is 0. The van der Waals surface area contributed by atoms with Gasteiger partial charge in [0.05, 0.1) is 33.1 Å². The Kier molecular flexibility index (Phi) is 11.2. The molecular weight excluding hydrogens is 1060 g/mol. The van der Waals surface area contributed by atoms with Gasteiger partial charge in [0.25, 0.3) is 0 Å². The first kappa shape index (κ1) is 48.2. The smallest absolute Gasteiger partial charge is 0.0970 e. The second-order valence-corrected chi connectivity index (χ2v) is 23.5. The van der Waals surface area contributed by atoms with Crippen molar-refractivity contribution >= 4 is 128 Å². The number of para-hydroxylation sites is 2. The van der Waals surface area contributed by atoms with Crippen LogP contribution in [0.1, 0.15) is 0 Å². The van der Waals surface area contributed by atoms with Crippen molar-refractivity contribution < 1.29 is 0 Å². The lowest BCUT2D eigenvalue weighted by molar-refractivity contribution is 1.18. The van der Waals surface area contributed by atoms with E-state index in [4.69, 9.17) is 4.98 Å². The number of rotatable bonds is 6. The number of fused-ring (bicyclic) bond motifs is 17. The molecule has 0 saturated heterocycles. The number of nitrogens with zero attached hydrogens (tertiary/aromatic N) is 5. The fourth-order valence-corrected chi connectivity index (χ4v) is 15.5. The molecule has 7 aromatic heterocycles. The highest BCUT2D eigenvalue weighted by molar-refractivity contribution is 7.27. The van der Waals surface area contributed by atoms with Crippen LogP contribution in [-0.4, -0.2) is 24.1 Å². The van der Waals surface area contributed by atoms with Crippen LogP contribution in [0.5, 0.6) is 0 Å². The highest BCUT2D eigenvalue weighted by Gasteiger charge is 2.21. The summed E-state index contributed by atoms with van der Waals surface area (Å²) < 4.78 is 10.2. The average molecular weight is 1110 g/mol. The summed E-state index contributed by atoms with van der Waals surface area (Å²) >= 11 is 3.79. The second-order valence-electron chi connectivity index (χ2n) is 21.4. The molecule has 0 bridgehead atoms. The summed E-state index contributed by atoms with van der Waals surface area (Å²) in [6, 6.07) is 93.8. The molecule has 0 atom stereocenters. The lowest BCUT2D eigenvalue weighted by Gasteiger charge is -2.12. The van der Waals surface area contributed by atoms with Crippen molar-refractivity contribution in [1.82, 2.24) is 24.1 Å². The van der Waals surface area contributed by atoms with Crippen LogP contribution in [0.15, 0.2) is 286 Å². The Morgan fingerprint density at radius 1 is 0.274 bits per heavy atom. The molecule has 84 heavy (non-hydrogen) atoms. The molecule has 0 aliphatic rings. The Hall–Kier alpha value is -10.6. The van der Waals surface area contributed by atoms with Crippen molar-refractivity contribution in [3.63, 3.8) is 0 Å². The largest absolute Gasteiger partial charge is 0.309 e. The Morgan fingerprint density at radius 2 is 0.679 bits per heavy atom. The van der Waals surface area contributed by atoms with Gasteiger partial charge in [-0.25, -0.2) is 0 Å².